The van der Waals surface area contributed by atoms with Gasteiger partial charge in [0, 0.05) is 22.4 Å². The molecule has 2 aliphatic rings. The number of fused-ring (bicyclic) bond motifs is 3. The maximum Gasteiger partial charge on any atom is 0.135 e. The Balaban J connectivity index is 1.56. The topological polar surface area (TPSA) is 13.1 Å². The normalized spacial score (nSPS) is 17.8. The Bertz CT molecular complexity index is 1380. The molecule has 170 valence electrons. The number of allylic oxidation sites excluding steroid dienone is 9. The molecule has 1 atom stereocenters. The largest absolute Gasteiger partial charge is 0.460 e. The molecular weight excluding hydrogens is 436 g/mol. The second-order valence-electron chi connectivity index (χ2n) is 9.01. The van der Waals surface area contributed by atoms with E-state index in [1.54, 1.807) is 0 Å². The average molecular weight is 465 g/mol. The Morgan fingerprint density at radius 2 is 1.88 bits per heavy atom. The van der Waals surface area contributed by atoms with Crippen LogP contribution in [-0.4, -0.2) is 0 Å². The van der Waals surface area contributed by atoms with Gasteiger partial charge >= 0.3 is 0 Å². The highest BCUT2D eigenvalue weighted by Crippen LogP contribution is 2.42. The summed E-state index contributed by atoms with van der Waals surface area (Å²) in [5.74, 6) is 1.54. The lowest BCUT2D eigenvalue weighted by molar-refractivity contribution is 0.541. The number of rotatable bonds is 7. The molecule has 0 aliphatic heterocycles. The second-order valence-corrected chi connectivity index (χ2v) is 9.44. The van der Waals surface area contributed by atoms with Crippen molar-refractivity contribution in [3.63, 3.8) is 0 Å². The van der Waals surface area contributed by atoms with Crippen LogP contribution in [0, 0.1) is 5.92 Å². The molecule has 5 rings (SSSR count). The first kappa shape index (κ1) is 22.5. The monoisotopic (exact) mass is 464 g/mol. The van der Waals surface area contributed by atoms with Crippen molar-refractivity contribution in [2.45, 2.75) is 32.1 Å². The Morgan fingerprint density at radius 3 is 2.71 bits per heavy atom. The highest BCUT2D eigenvalue weighted by Gasteiger charge is 2.24. The lowest BCUT2D eigenvalue weighted by atomic mass is 9.79. The molecule has 0 N–H and O–H groups in total. The Kier molecular flexibility index (Phi) is 6.56. The zero-order valence-corrected chi connectivity index (χ0v) is 20.2. The van der Waals surface area contributed by atoms with Gasteiger partial charge in [-0.05, 0) is 83.7 Å². The zero-order chi connectivity index (χ0) is 23.5. The minimum atomic E-state index is 0.462. The van der Waals surface area contributed by atoms with E-state index in [1.807, 2.05) is 30.4 Å². The molecule has 0 spiro atoms. The lowest BCUT2D eigenvalue weighted by Gasteiger charge is -2.25. The molecule has 2 aromatic carbocycles. The molecule has 0 saturated carbocycles. The summed E-state index contributed by atoms with van der Waals surface area (Å²) in [6.45, 7) is 7.82. The van der Waals surface area contributed by atoms with Gasteiger partial charge in [0.15, 0.2) is 0 Å². The summed E-state index contributed by atoms with van der Waals surface area (Å²) >= 11 is 6.31. The van der Waals surface area contributed by atoms with Crippen molar-refractivity contribution in [1.29, 1.82) is 0 Å². The summed E-state index contributed by atoms with van der Waals surface area (Å²) in [7, 11) is 0. The molecule has 0 radical (unpaired) electrons. The first-order valence-corrected chi connectivity index (χ1v) is 12.4. The third kappa shape index (κ3) is 4.41. The molecule has 0 saturated heterocycles. The third-order valence-electron chi connectivity index (χ3n) is 6.80. The van der Waals surface area contributed by atoms with E-state index in [1.165, 1.54) is 33.2 Å². The molecule has 34 heavy (non-hydrogen) atoms. The van der Waals surface area contributed by atoms with Gasteiger partial charge in [0.05, 0.1) is 0 Å². The van der Waals surface area contributed by atoms with Crippen LogP contribution in [0.3, 0.4) is 0 Å². The van der Waals surface area contributed by atoms with Crippen molar-refractivity contribution >= 4 is 28.6 Å². The summed E-state index contributed by atoms with van der Waals surface area (Å²) in [6.07, 6.45) is 20.2. The Morgan fingerprint density at radius 1 is 1.00 bits per heavy atom. The van der Waals surface area contributed by atoms with E-state index in [2.05, 4.69) is 67.8 Å². The summed E-state index contributed by atoms with van der Waals surface area (Å²) < 4.78 is 6.31. The maximum absolute atomic E-state index is 6.31. The van der Waals surface area contributed by atoms with Crippen molar-refractivity contribution in [3.8, 4) is 11.1 Å². The van der Waals surface area contributed by atoms with Crippen molar-refractivity contribution in [2.75, 3.05) is 0 Å². The molecule has 0 bridgehead atoms. The Hall–Kier alpha value is -3.29. The van der Waals surface area contributed by atoms with Gasteiger partial charge in [0.1, 0.15) is 11.3 Å². The van der Waals surface area contributed by atoms with Crippen LogP contribution in [-0.2, 0) is 6.42 Å². The summed E-state index contributed by atoms with van der Waals surface area (Å²) in [5.41, 5.74) is 8.65. The maximum atomic E-state index is 6.31. The van der Waals surface area contributed by atoms with Crippen molar-refractivity contribution in [1.82, 2.24) is 0 Å². The number of furan rings is 1. The van der Waals surface area contributed by atoms with Crippen molar-refractivity contribution in [3.05, 3.63) is 125 Å². The number of benzene rings is 2. The van der Waals surface area contributed by atoms with Crippen LogP contribution in [0.4, 0.5) is 0 Å². The number of hydrogen-bond acceptors (Lipinski definition) is 1. The lowest BCUT2D eigenvalue weighted by Crippen LogP contribution is -2.10. The average Bonchev–Trinajstić information content (AvgIpc) is 3.23. The molecular formula is C32H29ClO. The van der Waals surface area contributed by atoms with Crippen LogP contribution >= 0.6 is 11.6 Å². The quantitative estimate of drug-likeness (QED) is 0.317. The molecule has 3 aromatic rings. The molecule has 1 heterocycles. The fourth-order valence-electron chi connectivity index (χ4n) is 5.14. The van der Waals surface area contributed by atoms with Crippen LogP contribution in [0.2, 0.25) is 5.02 Å². The first-order valence-electron chi connectivity index (χ1n) is 12.0. The number of halogens is 1. The van der Waals surface area contributed by atoms with Crippen LogP contribution < -0.4 is 0 Å². The van der Waals surface area contributed by atoms with Gasteiger partial charge in [-0.25, -0.2) is 0 Å². The summed E-state index contributed by atoms with van der Waals surface area (Å²) in [4.78, 5) is 0. The highest BCUT2D eigenvalue weighted by molar-refractivity contribution is 6.31. The minimum absolute atomic E-state index is 0.462. The summed E-state index contributed by atoms with van der Waals surface area (Å²) in [6, 6.07) is 14.4. The van der Waals surface area contributed by atoms with E-state index >= 15 is 0 Å². The van der Waals surface area contributed by atoms with Crippen LogP contribution in [0.1, 0.15) is 37.0 Å². The first-order chi connectivity index (χ1) is 16.7. The van der Waals surface area contributed by atoms with Crippen molar-refractivity contribution < 1.29 is 4.42 Å². The zero-order valence-electron chi connectivity index (χ0n) is 19.4. The van der Waals surface area contributed by atoms with Crippen LogP contribution in [0.25, 0.3) is 28.2 Å². The second kappa shape index (κ2) is 9.91. The highest BCUT2D eigenvalue weighted by atomic mass is 35.5. The van der Waals surface area contributed by atoms with Gasteiger partial charge in [0.25, 0.3) is 0 Å². The van der Waals surface area contributed by atoms with E-state index in [9.17, 15) is 0 Å². The van der Waals surface area contributed by atoms with Gasteiger partial charge in [-0.1, -0.05) is 72.3 Å². The molecule has 1 unspecified atom stereocenters. The fraction of sp³-hybridized carbons (Fsp3) is 0.188. The standard InChI is InChI=1S/C32H29ClO/c1-3-5-6-10-22-15-16-24(19-23(22)9-4-2)25-17-18-30-29(21-25)32-28(13-8-14-31(32)34-30)26-11-7-12-27(33)20-26/h3-4,6-8,10-16,20-21,23H,1-2,5,9,17-19H2/b10-6-. The van der Waals surface area contributed by atoms with Gasteiger partial charge in [0.2, 0.25) is 0 Å². The molecule has 0 amide bonds. The fourth-order valence-corrected chi connectivity index (χ4v) is 5.33. The van der Waals surface area contributed by atoms with Crippen LogP contribution in [0.15, 0.2) is 113 Å². The predicted molar refractivity (Wildman–Crippen MR) is 146 cm³/mol. The van der Waals surface area contributed by atoms with Gasteiger partial charge in [-0.3, -0.25) is 0 Å². The van der Waals surface area contributed by atoms with E-state index in [-0.39, 0.29) is 0 Å². The Labute approximate surface area is 207 Å². The van der Waals surface area contributed by atoms with Gasteiger partial charge in [-0.2, -0.15) is 0 Å². The predicted octanol–water partition coefficient (Wildman–Crippen LogP) is 9.66. The molecule has 2 heteroatoms. The summed E-state index contributed by atoms with van der Waals surface area (Å²) in [5, 5.41) is 1.92. The number of aryl methyl sites for hydroxylation is 1. The molecule has 0 fully saturated rings. The SMILES string of the molecule is C=CC/C=C\C1=CC=C(C2=Cc3c(oc4cccc(-c5cccc(Cl)c5)c34)CC2)CC1CC=C. The minimum Gasteiger partial charge on any atom is -0.460 e. The van der Waals surface area contributed by atoms with Crippen molar-refractivity contribution in [2.24, 2.45) is 5.92 Å². The van der Waals surface area contributed by atoms with E-state index < -0.39 is 0 Å². The molecule has 1 nitrogen and oxygen atoms in total. The molecule has 2 aliphatic carbocycles. The van der Waals surface area contributed by atoms with E-state index in [0.29, 0.717) is 5.92 Å². The van der Waals surface area contributed by atoms with Crippen LogP contribution in [0.5, 0.6) is 0 Å². The molecule has 1 aromatic heterocycles. The van der Waals surface area contributed by atoms with Gasteiger partial charge in [-0.15, -0.1) is 13.2 Å². The van der Waals surface area contributed by atoms with E-state index in [4.69, 9.17) is 16.0 Å². The number of hydrogen-bond donors (Lipinski definition) is 0. The van der Waals surface area contributed by atoms with E-state index in [0.717, 1.165) is 54.0 Å². The smallest absolute Gasteiger partial charge is 0.135 e. The van der Waals surface area contributed by atoms with Gasteiger partial charge < -0.3 is 4.42 Å². The third-order valence-corrected chi connectivity index (χ3v) is 7.03.